The Hall–Kier alpha value is -3.15. The highest BCUT2D eigenvalue weighted by molar-refractivity contribution is 5.71. The Morgan fingerprint density at radius 3 is 1.00 bits per heavy atom. The molecule has 0 saturated heterocycles. The molecule has 0 rings (SSSR count). The van der Waals surface area contributed by atoms with Gasteiger partial charge < -0.3 is 14.2 Å². The van der Waals surface area contributed by atoms with E-state index < -0.39 is 6.10 Å². The molecule has 0 unspecified atom stereocenters. The van der Waals surface area contributed by atoms with Crippen molar-refractivity contribution in [3.8, 4) is 0 Å². The van der Waals surface area contributed by atoms with Gasteiger partial charge >= 0.3 is 17.9 Å². The van der Waals surface area contributed by atoms with Gasteiger partial charge in [-0.05, 0) is 89.9 Å². The van der Waals surface area contributed by atoms with Gasteiger partial charge in [-0.25, -0.2) is 0 Å². The van der Waals surface area contributed by atoms with E-state index >= 15 is 0 Å². The smallest absolute Gasteiger partial charge is 0.306 e. The first-order chi connectivity index (χ1) is 31.0. The molecule has 0 bridgehead atoms. The van der Waals surface area contributed by atoms with Crippen LogP contribution in [-0.2, 0) is 28.6 Å². The van der Waals surface area contributed by atoms with Crippen LogP contribution in [0, 0.1) is 0 Å². The van der Waals surface area contributed by atoms with Gasteiger partial charge in [-0.15, -0.1) is 0 Å². The molecule has 0 radical (unpaired) electrons. The number of rotatable bonds is 47. The van der Waals surface area contributed by atoms with Gasteiger partial charge in [-0.3, -0.25) is 14.4 Å². The summed E-state index contributed by atoms with van der Waals surface area (Å²) in [4.78, 5) is 38.0. The maximum absolute atomic E-state index is 12.8. The first kappa shape index (κ1) is 59.9. The van der Waals surface area contributed by atoms with Crippen molar-refractivity contribution < 1.29 is 28.6 Å². The zero-order valence-electron chi connectivity index (χ0n) is 41.3. The van der Waals surface area contributed by atoms with Crippen LogP contribution < -0.4 is 0 Å². The van der Waals surface area contributed by atoms with Crippen molar-refractivity contribution in [1.82, 2.24) is 0 Å². The molecule has 362 valence electrons. The molecule has 0 N–H and O–H groups in total. The van der Waals surface area contributed by atoms with E-state index in [0.29, 0.717) is 19.3 Å². The van der Waals surface area contributed by atoms with Gasteiger partial charge in [-0.1, -0.05) is 216 Å². The van der Waals surface area contributed by atoms with Crippen molar-refractivity contribution in [3.05, 3.63) is 72.9 Å². The molecule has 0 amide bonds. The summed E-state index contributed by atoms with van der Waals surface area (Å²) in [5, 5.41) is 0. The predicted octanol–water partition coefficient (Wildman–Crippen LogP) is 17.4. The van der Waals surface area contributed by atoms with Crippen LogP contribution in [0.25, 0.3) is 0 Å². The van der Waals surface area contributed by atoms with Gasteiger partial charge in [0.25, 0.3) is 0 Å². The fourth-order valence-corrected chi connectivity index (χ4v) is 7.23. The molecule has 0 aliphatic rings. The molecule has 0 fully saturated rings. The maximum atomic E-state index is 12.8. The lowest BCUT2D eigenvalue weighted by atomic mass is 10.0. The molecule has 63 heavy (non-hydrogen) atoms. The van der Waals surface area contributed by atoms with Gasteiger partial charge in [0.2, 0.25) is 0 Å². The lowest BCUT2D eigenvalue weighted by Gasteiger charge is -2.18. The van der Waals surface area contributed by atoms with Crippen LogP contribution in [0.5, 0.6) is 0 Å². The van der Waals surface area contributed by atoms with E-state index in [-0.39, 0.29) is 31.1 Å². The van der Waals surface area contributed by atoms with Gasteiger partial charge in [0, 0.05) is 19.3 Å². The molecule has 1 atom stereocenters. The van der Waals surface area contributed by atoms with Crippen LogP contribution in [-0.4, -0.2) is 37.2 Å². The van der Waals surface area contributed by atoms with E-state index in [4.69, 9.17) is 14.2 Å². The van der Waals surface area contributed by atoms with E-state index in [1.165, 1.54) is 89.9 Å². The fraction of sp³-hybridized carbons (Fsp3) is 0.737. The Balaban J connectivity index is 4.44. The summed E-state index contributed by atoms with van der Waals surface area (Å²) in [6.07, 6.45) is 64.5. The van der Waals surface area contributed by atoms with E-state index in [1.807, 2.05) is 0 Å². The Morgan fingerprint density at radius 1 is 0.333 bits per heavy atom. The van der Waals surface area contributed by atoms with Crippen molar-refractivity contribution in [2.75, 3.05) is 13.2 Å². The third-order valence-corrected chi connectivity index (χ3v) is 11.2. The van der Waals surface area contributed by atoms with Crippen LogP contribution in [0.15, 0.2) is 72.9 Å². The van der Waals surface area contributed by atoms with E-state index in [0.717, 1.165) is 122 Å². The minimum Gasteiger partial charge on any atom is -0.462 e. The predicted molar refractivity (Wildman–Crippen MR) is 270 cm³/mol. The lowest BCUT2D eigenvalue weighted by molar-refractivity contribution is -0.167. The highest BCUT2D eigenvalue weighted by Gasteiger charge is 2.19. The maximum Gasteiger partial charge on any atom is 0.306 e. The molecular formula is C57H98O6. The summed E-state index contributed by atoms with van der Waals surface area (Å²) in [6.45, 7) is 6.47. The molecule has 6 nitrogen and oxygen atoms in total. The second-order valence-electron chi connectivity index (χ2n) is 17.4. The average molecular weight is 879 g/mol. The standard InChI is InChI=1S/C57H98O6/c1-4-7-10-13-16-19-22-25-27-28-30-32-35-38-41-44-47-50-56(59)62-53-54(52-61-55(58)49-46-43-40-37-34-31-24-21-18-15-12-9-6-3)63-57(60)51-48-45-42-39-36-33-29-26-23-20-17-14-11-8-5-2/h7,10,16-17,19-20,25-27,29-30,32,54H,4-6,8-9,11-15,18,21-24,28,31,33-53H2,1-3H3/b10-7-,19-16-,20-17-,27-25-,29-26-,32-30-/t54-/m0/s1. The Bertz CT molecular complexity index is 1190. The summed E-state index contributed by atoms with van der Waals surface area (Å²) in [5.74, 6) is -0.922. The fourth-order valence-electron chi connectivity index (χ4n) is 7.23. The zero-order chi connectivity index (χ0) is 45.8. The SMILES string of the molecule is CC/C=C\C/C=C\C/C=C\C/C=C\CCCCCCC(=O)OC[C@H](COC(=O)CCCCCCCCCCCCCCC)OC(=O)CCCCCCC/C=C\C/C=C\CCCCC. The number of hydrogen-bond donors (Lipinski definition) is 0. The highest BCUT2D eigenvalue weighted by atomic mass is 16.6. The number of carbonyl (C=O) groups is 3. The average Bonchev–Trinajstić information content (AvgIpc) is 3.28. The Kier molecular flexibility index (Phi) is 48.9. The number of carbonyl (C=O) groups excluding carboxylic acids is 3. The Labute approximate surface area is 389 Å². The van der Waals surface area contributed by atoms with E-state index in [9.17, 15) is 14.4 Å². The third-order valence-electron chi connectivity index (χ3n) is 11.2. The van der Waals surface area contributed by atoms with Gasteiger partial charge in [0.15, 0.2) is 6.10 Å². The minimum absolute atomic E-state index is 0.0875. The highest BCUT2D eigenvalue weighted by Crippen LogP contribution is 2.15. The van der Waals surface area contributed by atoms with Crippen molar-refractivity contribution in [3.63, 3.8) is 0 Å². The van der Waals surface area contributed by atoms with E-state index in [1.54, 1.807) is 0 Å². The number of hydrogen-bond acceptors (Lipinski definition) is 6. The molecule has 0 aliphatic carbocycles. The van der Waals surface area contributed by atoms with Crippen molar-refractivity contribution >= 4 is 17.9 Å². The van der Waals surface area contributed by atoms with Gasteiger partial charge in [0.05, 0.1) is 0 Å². The molecule has 0 aromatic heterocycles. The largest absolute Gasteiger partial charge is 0.462 e. The molecular weight excluding hydrogens is 781 g/mol. The number of unbranched alkanes of at least 4 members (excludes halogenated alkanes) is 24. The van der Waals surface area contributed by atoms with Crippen LogP contribution in [0.1, 0.15) is 252 Å². The molecule has 0 aromatic rings. The van der Waals surface area contributed by atoms with E-state index in [2.05, 4.69) is 93.7 Å². The van der Waals surface area contributed by atoms with Crippen molar-refractivity contribution in [2.24, 2.45) is 0 Å². The second-order valence-corrected chi connectivity index (χ2v) is 17.4. The summed E-state index contributed by atoms with van der Waals surface area (Å²) in [5.41, 5.74) is 0. The summed E-state index contributed by atoms with van der Waals surface area (Å²) in [7, 11) is 0. The number of esters is 3. The van der Waals surface area contributed by atoms with Crippen molar-refractivity contribution in [1.29, 1.82) is 0 Å². The molecule has 6 heteroatoms. The van der Waals surface area contributed by atoms with Crippen molar-refractivity contribution in [2.45, 2.75) is 258 Å². The van der Waals surface area contributed by atoms with Crippen LogP contribution in [0.2, 0.25) is 0 Å². The van der Waals surface area contributed by atoms with Gasteiger partial charge in [-0.2, -0.15) is 0 Å². The monoisotopic (exact) mass is 879 g/mol. The third kappa shape index (κ3) is 49.7. The molecule has 0 saturated carbocycles. The van der Waals surface area contributed by atoms with Crippen LogP contribution >= 0.6 is 0 Å². The summed E-state index contributed by atoms with van der Waals surface area (Å²) >= 11 is 0. The molecule has 0 aromatic carbocycles. The molecule has 0 heterocycles. The first-order valence-electron chi connectivity index (χ1n) is 26.4. The first-order valence-corrected chi connectivity index (χ1v) is 26.4. The number of ether oxygens (including phenoxy) is 3. The summed E-state index contributed by atoms with van der Waals surface area (Å²) in [6, 6.07) is 0. The normalized spacial score (nSPS) is 12.6. The number of allylic oxidation sites excluding steroid dienone is 12. The second kappa shape index (κ2) is 51.5. The Morgan fingerprint density at radius 2 is 0.619 bits per heavy atom. The van der Waals surface area contributed by atoms with Gasteiger partial charge in [0.1, 0.15) is 13.2 Å². The zero-order valence-corrected chi connectivity index (χ0v) is 41.3. The van der Waals surface area contributed by atoms with Crippen LogP contribution in [0.3, 0.4) is 0 Å². The molecule has 0 aliphatic heterocycles. The quantitative estimate of drug-likeness (QED) is 0.0262. The minimum atomic E-state index is -0.791. The lowest BCUT2D eigenvalue weighted by Crippen LogP contribution is -2.30. The summed E-state index contributed by atoms with van der Waals surface area (Å²) < 4.78 is 16.8. The topological polar surface area (TPSA) is 78.9 Å². The van der Waals surface area contributed by atoms with Crippen LogP contribution in [0.4, 0.5) is 0 Å². The molecule has 0 spiro atoms.